The highest BCUT2D eigenvalue weighted by atomic mass is 32.2. The number of aliphatic hydroxyl groups is 1. The highest BCUT2D eigenvalue weighted by Crippen LogP contribution is 2.28. The number of anilines is 1. The third-order valence-corrected chi connectivity index (χ3v) is 5.68. The molecule has 1 atom stereocenters. The van der Waals surface area contributed by atoms with E-state index in [2.05, 4.69) is 5.32 Å². The maximum absolute atomic E-state index is 13.9. The number of amides is 1. The Hall–Kier alpha value is -1.27. The van der Waals surface area contributed by atoms with Crippen LogP contribution in [0, 0.1) is 5.82 Å². The molecule has 0 radical (unpaired) electrons. The minimum atomic E-state index is -1.23. The van der Waals surface area contributed by atoms with Crippen molar-refractivity contribution in [3.8, 4) is 0 Å². The van der Waals surface area contributed by atoms with Crippen LogP contribution in [0.3, 0.4) is 0 Å². The van der Waals surface area contributed by atoms with Gasteiger partial charge in [0.1, 0.15) is 11.4 Å². The van der Waals surface area contributed by atoms with Crippen LogP contribution in [0.5, 0.6) is 0 Å². The largest absolute Gasteiger partial charge is 0.380 e. The normalized spacial score (nSPS) is 24.3. The number of carbonyl (C=O) groups excluding carboxylic acids is 1. The Labute approximate surface area is 140 Å². The fourth-order valence-electron chi connectivity index (χ4n) is 3.28. The summed E-state index contributed by atoms with van der Waals surface area (Å²) < 4.78 is 13.9. The topological polar surface area (TPSA) is 52.6 Å². The lowest BCUT2D eigenvalue weighted by Crippen LogP contribution is -2.55. The summed E-state index contributed by atoms with van der Waals surface area (Å²) in [5.74, 6) is 1.13. The van der Waals surface area contributed by atoms with Crippen molar-refractivity contribution in [3.05, 3.63) is 30.1 Å². The standard InChI is InChI=1S/C17H23FN2O2S/c18-14-5-1-2-6-15(14)20-9-3-4-13(12-20)19-16(21)17(22)7-10-23-11-8-17/h1-2,5-6,13,22H,3-4,7-12H2,(H,19,21). The molecular formula is C17H23FN2O2S. The second kappa shape index (κ2) is 7.09. The molecule has 2 aliphatic rings. The number of benzene rings is 1. The number of halogens is 1. The Balaban J connectivity index is 1.63. The first-order valence-corrected chi connectivity index (χ1v) is 9.34. The average Bonchev–Trinajstić information content (AvgIpc) is 2.56. The molecule has 1 unspecified atom stereocenters. The van der Waals surface area contributed by atoms with Crippen molar-refractivity contribution < 1.29 is 14.3 Å². The number of nitrogens with zero attached hydrogens (tertiary/aromatic N) is 1. The van der Waals surface area contributed by atoms with Crippen LogP contribution in [-0.2, 0) is 4.79 Å². The molecule has 1 amide bonds. The highest BCUT2D eigenvalue weighted by molar-refractivity contribution is 7.99. The molecule has 2 N–H and O–H groups in total. The van der Waals surface area contributed by atoms with Crippen LogP contribution in [0.2, 0.25) is 0 Å². The van der Waals surface area contributed by atoms with Crippen LogP contribution in [0.15, 0.2) is 24.3 Å². The van der Waals surface area contributed by atoms with Crippen LogP contribution >= 0.6 is 11.8 Å². The molecule has 2 fully saturated rings. The number of piperidine rings is 1. The Bertz CT molecular complexity index is 563. The monoisotopic (exact) mass is 338 g/mol. The second-order valence-electron chi connectivity index (χ2n) is 6.35. The van der Waals surface area contributed by atoms with Gasteiger partial charge in [0.25, 0.3) is 5.91 Å². The molecule has 0 aliphatic carbocycles. The number of hydrogen-bond donors (Lipinski definition) is 2. The summed E-state index contributed by atoms with van der Waals surface area (Å²) >= 11 is 1.77. The fourth-order valence-corrected chi connectivity index (χ4v) is 4.45. The first-order valence-electron chi connectivity index (χ1n) is 8.19. The minimum Gasteiger partial charge on any atom is -0.380 e. The maximum Gasteiger partial charge on any atom is 0.252 e. The number of carbonyl (C=O) groups is 1. The minimum absolute atomic E-state index is 0.0468. The third-order valence-electron chi connectivity index (χ3n) is 4.69. The molecule has 0 aromatic heterocycles. The fraction of sp³-hybridized carbons (Fsp3) is 0.588. The number of rotatable bonds is 3. The van der Waals surface area contributed by atoms with Crippen LogP contribution in [0.4, 0.5) is 10.1 Å². The lowest BCUT2D eigenvalue weighted by molar-refractivity contribution is -0.141. The van der Waals surface area contributed by atoms with Crippen LogP contribution < -0.4 is 10.2 Å². The van der Waals surface area contributed by atoms with E-state index in [0.717, 1.165) is 30.9 Å². The Morgan fingerprint density at radius 1 is 1.35 bits per heavy atom. The summed E-state index contributed by atoms with van der Waals surface area (Å²) in [5, 5.41) is 13.5. The quantitative estimate of drug-likeness (QED) is 0.887. The van der Waals surface area contributed by atoms with Crippen molar-refractivity contribution in [1.82, 2.24) is 5.32 Å². The van der Waals surface area contributed by atoms with Gasteiger partial charge in [-0.05, 0) is 49.3 Å². The van der Waals surface area contributed by atoms with Gasteiger partial charge in [-0.25, -0.2) is 4.39 Å². The van der Waals surface area contributed by atoms with E-state index in [9.17, 15) is 14.3 Å². The number of para-hydroxylation sites is 1. The van der Waals surface area contributed by atoms with Gasteiger partial charge < -0.3 is 15.3 Å². The van der Waals surface area contributed by atoms with Gasteiger partial charge in [-0.15, -0.1) is 0 Å². The second-order valence-corrected chi connectivity index (χ2v) is 7.58. The van der Waals surface area contributed by atoms with Crippen LogP contribution in [0.25, 0.3) is 0 Å². The van der Waals surface area contributed by atoms with Gasteiger partial charge in [0.15, 0.2) is 0 Å². The molecule has 4 nitrogen and oxygen atoms in total. The van der Waals surface area contributed by atoms with Crippen LogP contribution in [-0.4, -0.2) is 47.3 Å². The molecule has 126 valence electrons. The third kappa shape index (κ3) is 3.80. The van der Waals surface area contributed by atoms with E-state index in [4.69, 9.17) is 0 Å². The summed E-state index contributed by atoms with van der Waals surface area (Å²) in [6.45, 7) is 1.37. The zero-order chi connectivity index (χ0) is 16.3. The molecule has 0 bridgehead atoms. The van der Waals surface area contributed by atoms with E-state index in [-0.39, 0.29) is 17.8 Å². The SMILES string of the molecule is O=C(NC1CCCN(c2ccccc2F)C1)C1(O)CCSCC1. The molecule has 1 aromatic carbocycles. The predicted octanol–water partition coefficient (Wildman–Crippen LogP) is 2.17. The molecule has 2 saturated heterocycles. The maximum atomic E-state index is 13.9. The molecule has 3 rings (SSSR count). The lowest BCUT2D eigenvalue weighted by atomic mass is 9.94. The van der Waals surface area contributed by atoms with Gasteiger partial charge in [0.2, 0.25) is 0 Å². The van der Waals surface area contributed by atoms with E-state index in [1.165, 1.54) is 6.07 Å². The first-order chi connectivity index (χ1) is 11.1. The van der Waals surface area contributed by atoms with Gasteiger partial charge >= 0.3 is 0 Å². The van der Waals surface area contributed by atoms with Crippen molar-refractivity contribution in [2.45, 2.75) is 37.3 Å². The summed E-state index contributed by atoms with van der Waals surface area (Å²) in [7, 11) is 0. The van der Waals surface area contributed by atoms with E-state index in [0.29, 0.717) is 25.1 Å². The molecule has 2 heterocycles. The zero-order valence-corrected chi connectivity index (χ0v) is 13.9. The van der Waals surface area contributed by atoms with E-state index in [1.807, 2.05) is 11.0 Å². The molecule has 23 heavy (non-hydrogen) atoms. The van der Waals surface area contributed by atoms with Crippen molar-refractivity contribution in [3.63, 3.8) is 0 Å². The van der Waals surface area contributed by atoms with Gasteiger partial charge in [0.05, 0.1) is 5.69 Å². The summed E-state index contributed by atoms with van der Waals surface area (Å²) in [4.78, 5) is 14.4. The van der Waals surface area contributed by atoms with Crippen molar-refractivity contribution in [2.24, 2.45) is 0 Å². The Morgan fingerprint density at radius 2 is 2.09 bits per heavy atom. The predicted molar refractivity (Wildman–Crippen MR) is 91.3 cm³/mol. The molecule has 1 aromatic rings. The van der Waals surface area contributed by atoms with Gasteiger partial charge in [-0.3, -0.25) is 4.79 Å². The molecular weight excluding hydrogens is 315 g/mol. The molecule has 6 heteroatoms. The number of thioether (sulfide) groups is 1. The van der Waals surface area contributed by atoms with Gasteiger partial charge in [0, 0.05) is 19.1 Å². The molecule has 2 aliphatic heterocycles. The summed E-state index contributed by atoms with van der Waals surface area (Å²) in [6, 6.07) is 6.68. The smallest absolute Gasteiger partial charge is 0.252 e. The van der Waals surface area contributed by atoms with Crippen LogP contribution in [0.1, 0.15) is 25.7 Å². The summed E-state index contributed by atoms with van der Waals surface area (Å²) in [5.41, 5.74) is -0.648. The Morgan fingerprint density at radius 3 is 2.83 bits per heavy atom. The number of nitrogens with one attached hydrogen (secondary N) is 1. The average molecular weight is 338 g/mol. The van der Waals surface area contributed by atoms with Crippen molar-refractivity contribution in [2.75, 3.05) is 29.5 Å². The van der Waals surface area contributed by atoms with Crippen molar-refractivity contribution >= 4 is 23.4 Å². The Kier molecular flexibility index (Phi) is 5.11. The zero-order valence-electron chi connectivity index (χ0n) is 13.1. The van der Waals surface area contributed by atoms with Crippen molar-refractivity contribution in [1.29, 1.82) is 0 Å². The number of hydrogen-bond acceptors (Lipinski definition) is 4. The van der Waals surface area contributed by atoms with E-state index in [1.54, 1.807) is 23.9 Å². The van der Waals surface area contributed by atoms with Gasteiger partial charge in [-0.2, -0.15) is 11.8 Å². The molecule has 0 saturated carbocycles. The highest BCUT2D eigenvalue weighted by Gasteiger charge is 2.38. The van der Waals surface area contributed by atoms with E-state index >= 15 is 0 Å². The van der Waals surface area contributed by atoms with Gasteiger partial charge in [-0.1, -0.05) is 12.1 Å². The van der Waals surface area contributed by atoms with E-state index < -0.39 is 5.60 Å². The first kappa shape index (κ1) is 16.6. The summed E-state index contributed by atoms with van der Waals surface area (Å²) in [6.07, 6.45) is 2.77. The lowest BCUT2D eigenvalue weighted by Gasteiger charge is -2.37. The molecule has 0 spiro atoms.